The highest BCUT2D eigenvalue weighted by atomic mass is 16.8. The SMILES string of the molecule is CCCCCC1(CCCCC)O[C@@H]2[C@H](O1)[C@H]1ON(Cc3ccc(C=CC4CCC5OC5C4)cc3)[C@H]3C(=O)O[C@@H]2C[C@@]13C(=O)NCc1cccc(C(=O)N[C@H](CO)CCC(=O)OC(C)(C)C)c1. The van der Waals surface area contributed by atoms with Crippen LogP contribution >= 0.6 is 0 Å². The molecule has 2 amide bonds. The number of unbranched alkanes of at least 4 members (excludes halogenated alkanes) is 4. The fourth-order valence-electron chi connectivity index (χ4n) is 10.8. The number of epoxide rings is 1. The lowest BCUT2D eigenvalue weighted by Crippen LogP contribution is -2.69. The van der Waals surface area contributed by atoms with Gasteiger partial charge in [0.25, 0.3) is 5.91 Å². The monoisotopic (exact) mass is 914 g/mol. The number of esters is 2. The molecule has 0 radical (unpaired) electrons. The molecule has 4 heterocycles. The number of aliphatic hydroxyl groups is 1. The molecule has 360 valence electrons. The Balaban J connectivity index is 1.00. The van der Waals surface area contributed by atoms with E-state index >= 15 is 4.79 Å². The van der Waals surface area contributed by atoms with Crippen molar-refractivity contribution in [1.29, 1.82) is 0 Å². The molecule has 3 N–H and O–H groups in total. The lowest BCUT2D eigenvalue weighted by molar-refractivity contribution is -0.224. The fraction of sp³-hybridized carbons (Fsp3) is 0.654. The van der Waals surface area contributed by atoms with Crippen molar-refractivity contribution in [2.45, 2.75) is 198 Å². The summed E-state index contributed by atoms with van der Waals surface area (Å²) in [7, 11) is 0. The fourth-order valence-corrected chi connectivity index (χ4v) is 10.8. The number of hydrogen-bond donors (Lipinski definition) is 3. The molecule has 14 heteroatoms. The smallest absolute Gasteiger partial charge is 0.327 e. The maximum atomic E-state index is 15.1. The minimum Gasteiger partial charge on any atom is -0.460 e. The van der Waals surface area contributed by atoms with E-state index in [1.165, 1.54) is 0 Å². The van der Waals surface area contributed by atoms with Crippen molar-refractivity contribution >= 4 is 29.8 Å². The van der Waals surface area contributed by atoms with E-state index in [0.29, 0.717) is 42.1 Å². The lowest BCUT2D eigenvalue weighted by atomic mass is 9.62. The predicted octanol–water partition coefficient (Wildman–Crippen LogP) is 7.24. The third-order valence-corrected chi connectivity index (χ3v) is 14.2. The van der Waals surface area contributed by atoms with Crippen LogP contribution in [0, 0.1) is 11.3 Å². The maximum absolute atomic E-state index is 15.1. The Labute approximate surface area is 389 Å². The third-order valence-electron chi connectivity index (χ3n) is 14.2. The van der Waals surface area contributed by atoms with Gasteiger partial charge in [-0.05, 0) is 94.0 Å². The minimum absolute atomic E-state index is 0.0349. The van der Waals surface area contributed by atoms with Gasteiger partial charge >= 0.3 is 11.9 Å². The highest BCUT2D eigenvalue weighted by Gasteiger charge is 2.76. The zero-order valence-corrected chi connectivity index (χ0v) is 39.5. The topological polar surface area (TPSA) is 174 Å². The third kappa shape index (κ3) is 10.9. The van der Waals surface area contributed by atoms with E-state index in [-0.39, 0.29) is 44.9 Å². The quantitative estimate of drug-likeness (QED) is 0.0652. The van der Waals surface area contributed by atoms with Crippen LogP contribution in [0.5, 0.6) is 0 Å². The van der Waals surface area contributed by atoms with Crippen LogP contribution in [0.3, 0.4) is 0 Å². The van der Waals surface area contributed by atoms with E-state index in [0.717, 1.165) is 68.9 Å². The van der Waals surface area contributed by atoms with Crippen LogP contribution in [0.25, 0.3) is 6.08 Å². The van der Waals surface area contributed by atoms with Gasteiger partial charge in [-0.1, -0.05) is 88.1 Å². The van der Waals surface area contributed by atoms with E-state index in [1.807, 2.05) is 18.2 Å². The van der Waals surface area contributed by atoms with Gasteiger partial charge in [0.15, 0.2) is 11.8 Å². The summed E-state index contributed by atoms with van der Waals surface area (Å²) in [5, 5.41) is 17.6. The summed E-state index contributed by atoms with van der Waals surface area (Å²) in [6.45, 7) is 9.63. The first-order chi connectivity index (χ1) is 31.7. The molecule has 0 spiro atoms. The molecule has 6 fully saturated rings. The van der Waals surface area contributed by atoms with Crippen LogP contribution in [-0.2, 0) is 56.0 Å². The van der Waals surface area contributed by atoms with Gasteiger partial charge in [-0.25, -0.2) is 0 Å². The lowest BCUT2D eigenvalue weighted by Gasteiger charge is -2.48. The molecule has 2 aromatic rings. The Hall–Kier alpha value is -4.18. The summed E-state index contributed by atoms with van der Waals surface area (Å²) < 4.78 is 31.4. The number of carbonyl (C=O) groups is 4. The van der Waals surface area contributed by atoms with E-state index < -0.39 is 71.1 Å². The summed E-state index contributed by atoms with van der Waals surface area (Å²) in [6, 6.07) is 13.4. The van der Waals surface area contributed by atoms with E-state index in [2.05, 4.69) is 48.8 Å². The summed E-state index contributed by atoms with van der Waals surface area (Å²) in [4.78, 5) is 62.1. The first-order valence-corrected chi connectivity index (χ1v) is 24.7. The number of nitrogens with zero attached hydrogens (tertiary/aromatic N) is 1. The van der Waals surface area contributed by atoms with Gasteiger partial charge in [-0.3, -0.25) is 24.0 Å². The first kappa shape index (κ1) is 48.3. The molecule has 2 aromatic carbocycles. The van der Waals surface area contributed by atoms with Crippen molar-refractivity contribution in [2.75, 3.05) is 6.61 Å². The average molecular weight is 914 g/mol. The Morgan fingerprint density at radius 2 is 1.68 bits per heavy atom. The molecule has 2 aliphatic carbocycles. The Morgan fingerprint density at radius 3 is 2.38 bits per heavy atom. The molecule has 4 aliphatic heterocycles. The normalized spacial score (nSPS) is 30.0. The number of hydrogen-bond acceptors (Lipinski definition) is 12. The van der Waals surface area contributed by atoms with Crippen LogP contribution in [0.15, 0.2) is 54.6 Å². The molecule has 2 saturated carbocycles. The summed E-state index contributed by atoms with van der Waals surface area (Å²) >= 11 is 0. The van der Waals surface area contributed by atoms with Crippen molar-refractivity contribution in [1.82, 2.24) is 15.7 Å². The summed E-state index contributed by atoms with van der Waals surface area (Å²) in [5.74, 6) is -2.10. The van der Waals surface area contributed by atoms with Crippen LogP contribution < -0.4 is 10.6 Å². The second-order valence-electron chi connectivity index (χ2n) is 20.5. The molecule has 4 saturated heterocycles. The van der Waals surface area contributed by atoms with E-state index in [1.54, 1.807) is 44.0 Å². The molecule has 0 aromatic heterocycles. The highest BCUT2D eigenvalue weighted by molar-refractivity contribution is 5.95. The Kier molecular flexibility index (Phi) is 15.1. The summed E-state index contributed by atoms with van der Waals surface area (Å²) in [6.07, 6.45) is 13.7. The van der Waals surface area contributed by atoms with Gasteiger partial charge in [-0.2, -0.15) is 5.06 Å². The number of carbonyl (C=O) groups excluding carboxylic acids is 4. The number of rotatable bonds is 21. The molecule has 8 rings (SSSR count). The second kappa shape index (κ2) is 20.6. The molecular formula is C52H71N3O11. The average Bonchev–Trinajstić information content (AvgIpc) is 3.84. The zero-order chi connectivity index (χ0) is 46.6. The molecule has 6 aliphatic rings. The minimum atomic E-state index is -1.36. The summed E-state index contributed by atoms with van der Waals surface area (Å²) in [5.41, 5.74) is 0.981. The van der Waals surface area contributed by atoms with Crippen LogP contribution in [0.1, 0.15) is 152 Å². The number of ether oxygens (including phenoxy) is 5. The number of allylic oxidation sites excluding steroid dienone is 1. The van der Waals surface area contributed by atoms with Crippen molar-refractivity contribution in [3.63, 3.8) is 0 Å². The number of hydroxylamine groups is 2. The van der Waals surface area contributed by atoms with E-state index in [4.69, 9.17) is 28.5 Å². The van der Waals surface area contributed by atoms with Gasteiger partial charge in [0.05, 0.1) is 31.4 Å². The van der Waals surface area contributed by atoms with Gasteiger partial charge < -0.3 is 39.4 Å². The van der Waals surface area contributed by atoms with Crippen LogP contribution in [-0.4, -0.2) is 101 Å². The van der Waals surface area contributed by atoms with Crippen LogP contribution in [0.2, 0.25) is 0 Å². The Bertz CT molecular complexity index is 2060. The molecule has 3 unspecified atom stereocenters. The molecule has 14 nitrogen and oxygen atoms in total. The number of nitrogens with one attached hydrogen (secondary N) is 2. The van der Waals surface area contributed by atoms with Crippen molar-refractivity contribution in [3.8, 4) is 0 Å². The van der Waals surface area contributed by atoms with Gasteiger partial charge in [0.2, 0.25) is 5.91 Å². The van der Waals surface area contributed by atoms with Crippen molar-refractivity contribution in [3.05, 3.63) is 76.9 Å². The molecule has 2 bridgehead atoms. The first-order valence-electron chi connectivity index (χ1n) is 24.7. The van der Waals surface area contributed by atoms with Crippen LogP contribution in [0.4, 0.5) is 0 Å². The van der Waals surface area contributed by atoms with Crippen molar-refractivity contribution < 1.29 is 52.8 Å². The number of amides is 2. The van der Waals surface area contributed by atoms with Gasteiger partial charge in [0, 0.05) is 37.8 Å². The largest absolute Gasteiger partial charge is 0.460 e. The highest BCUT2D eigenvalue weighted by Crippen LogP contribution is 2.58. The number of fused-ring (bicyclic) bond motifs is 5. The molecule has 66 heavy (non-hydrogen) atoms. The van der Waals surface area contributed by atoms with Gasteiger partial charge in [-0.15, -0.1) is 0 Å². The standard InChI is InChI=1S/C52H71N3O11/c1-6-8-10-25-51(26-11-9-7-2)64-43-41-29-52(49(60)53-30-36-13-12-14-37(27-36)47(58)54-38(32-56)22-24-42(57)63-50(3,4)5)45(48(59)62-41)55(66-46(52)44(43)65-51)31-35-19-16-33(17-20-35)15-18-34-21-23-39-40(28-34)61-39/h12-20,27,34,38-41,43-46,56H,6-11,21-26,28-32H2,1-5H3,(H,53,60)(H,54,58)/t34?,38-,39?,40?,41+,43-,44-,45-,46+,52-/m0/s1. The van der Waals surface area contributed by atoms with E-state index in [9.17, 15) is 19.5 Å². The van der Waals surface area contributed by atoms with Gasteiger partial charge in [0.1, 0.15) is 35.4 Å². The van der Waals surface area contributed by atoms with Crippen molar-refractivity contribution in [2.24, 2.45) is 11.3 Å². The number of aliphatic hydroxyl groups excluding tert-OH is 1. The molecule has 10 atom stereocenters. The Morgan fingerprint density at radius 1 is 0.939 bits per heavy atom. The zero-order valence-electron chi connectivity index (χ0n) is 39.5. The molecular weight excluding hydrogens is 843 g/mol. The second-order valence-corrected chi connectivity index (χ2v) is 20.5. The number of benzene rings is 2. The predicted molar refractivity (Wildman–Crippen MR) is 245 cm³/mol. The maximum Gasteiger partial charge on any atom is 0.327 e.